The molecular weight excluding hydrogens is 188 g/mol. The molecular formula is C13H16O2. The van der Waals surface area contributed by atoms with Gasteiger partial charge in [0.25, 0.3) is 0 Å². The van der Waals surface area contributed by atoms with Crippen LogP contribution in [-0.2, 0) is 9.59 Å². The summed E-state index contributed by atoms with van der Waals surface area (Å²) in [4.78, 5) is 23.1. The zero-order valence-electron chi connectivity index (χ0n) is 9.03. The Morgan fingerprint density at radius 1 is 1.47 bits per heavy atom. The van der Waals surface area contributed by atoms with Gasteiger partial charge in [-0.2, -0.15) is 0 Å². The number of hydrogen-bond acceptors (Lipinski definition) is 2. The number of rotatable bonds is 2. The molecule has 0 saturated heterocycles. The maximum Gasteiger partial charge on any atom is 0.162 e. The van der Waals surface area contributed by atoms with Crippen LogP contribution in [0.5, 0.6) is 0 Å². The quantitative estimate of drug-likeness (QED) is 0.692. The van der Waals surface area contributed by atoms with E-state index in [4.69, 9.17) is 0 Å². The van der Waals surface area contributed by atoms with Crippen LogP contribution in [0, 0.1) is 11.8 Å². The summed E-state index contributed by atoms with van der Waals surface area (Å²) in [6.45, 7) is 1.56. The first-order valence-electron chi connectivity index (χ1n) is 5.59. The lowest BCUT2D eigenvalue weighted by atomic mass is 9.73. The van der Waals surface area contributed by atoms with Gasteiger partial charge in [-0.05, 0) is 37.7 Å². The van der Waals surface area contributed by atoms with E-state index in [-0.39, 0.29) is 17.5 Å². The Kier molecular flexibility index (Phi) is 2.85. The van der Waals surface area contributed by atoms with Crippen molar-refractivity contribution in [1.29, 1.82) is 0 Å². The number of Topliss-reactive ketones (excluding diaryl/α,β-unsaturated/α-hetero) is 2. The maximum atomic E-state index is 12.0. The molecule has 2 unspecified atom stereocenters. The van der Waals surface area contributed by atoms with E-state index in [0.717, 1.165) is 24.8 Å². The minimum Gasteiger partial charge on any atom is -0.300 e. The molecule has 1 fully saturated rings. The summed E-state index contributed by atoms with van der Waals surface area (Å²) in [6.07, 6.45) is 9.36. The van der Waals surface area contributed by atoms with Crippen molar-refractivity contribution in [3.63, 3.8) is 0 Å². The van der Waals surface area contributed by atoms with Gasteiger partial charge in [0.1, 0.15) is 5.78 Å². The average Bonchev–Trinajstić information content (AvgIpc) is 2.22. The monoisotopic (exact) mass is 204 g/mol. The first-order chi connectivity index (χ1) is 7.18. The zero-order chi connectivity index (χ0) is 10.8. The highest BCUT2D eigenvalue weighted by Crippen LogP contribution is 2.36. The van der Waals surface area contributed by atoms with E-state index in [0.29, 0.717) is 12.3 Å². The van der Waals surface area contributed by atoms with E-state index in [9.17, 15) is 9.59 Å². The third-order valence-electron chi connectivity index (χ3n) is 3.33. The van der Waals surface area contributed by atoms with E-state index < -0.39 is 0 Å². The van der Waals surface area contributed by atoms with Crippen LogP contribution >= 0.6 is 0 Å². The van der Waals surface area contributed by atoms with E-state index in [1.165, 1.54) is 0 Å². The van der Waals surface area contributed by atoms with Crippen LogP contribution in [0.15, 0.2) is 23.8 Å². The summed E-state index contributed by atoms with van der Waals surface area (Å²) < 4.78 is 0. The molecule has 2 aliphatic carbocycles. The fourth-order valence-corrected chi connectivity index (χ4v) is 2.55. The van der Waals surface area contributed by atoms with Crippen molar-refractivity contribution < 1.29 is 9.59 Å². The summed E-state index contributed by atoms with van der Waals surface area (Å²) >= 11 is 0. The molecule has 0 bridgehead atoms. The van der Waals surface area contributed by atoms with Crippen molar-refractivity contribution in [2.45, 2.75) is 32.6 Å². The van der Waals surface area contributed by atoms with Gasteiger partial charge in [0.15, 0.2) is 5.78 Å². The Labute approximate surface area is 90.1 Å². The predicted octanol–water partition coefficient (Wildman–Crippen LogP) is 2.45. The van der Waals surface area contributed by atoms with Crippen LogP contribution in [0.3, 0.4) is 0 Å². The molecule has 0 aromatic rings. The van der Waals surface area contributed by atoms with Gasteiger partial charge in [-0.1, -0.05) is 18.2 Å². The third kappa shape index (κ3) is 2.09. The van der Waals surface area contributed by atoms with Crippen molar-refractivity contribution in [2.24, 2.45) is 11.8 Å². The smallest absolute Gasteiger partial charge is 0.162 e. The molecule has 0 heterocycles. The van der Waals surface area contributed by atoms with Gasteiger partial charge in [-0.15, -0.1) is 0 Å². The molecule has 0 radical (unpaired) electrons. The van der Waals surface area contributed by atoms with Crippen LogP contribution in [-0.4, -0.2) is 11.6 Å². The third-order valence-corrected chi connectivity index (χ3v) is 3.33. The highest BCUT2D eigenvalue weighted by atomic mass is 16.1. The summed E-state index contributed by atoms with van der Waals surface area (Å²) in [6, 6.07) is 0. The number of hydrogen-bond donors (Lipinski definition) is 0. The molecule has 2 nitrogen and oxygen atoms in total. The molecule has 0 N–H and O–H groups in total. The lowest BCUT2D eigenvalue weighted by Crippen LogP contribution is -2.29. The topological polar surface area (TPSA) is 34.1 Å². The van der Waals surface area contributed by atoms with Crippen LogP contribution in [0.2, 0.25) is 0 Å². The minimum absolute atomic E-state index is 0.0449. The summed E-state index contributed by atoms with van der Waals surface area (Å²) in [5.41, 5.74) is 0.954. The Balaban J connectivity index is 2.14. The van der Waals surface area contributed by atoms with Gasteiger partial charge in [0.2, 0.25) is 0 Å². The predicted molar refractivity (Wildman–Crippen MR) is 58.4 cm³/mol. The fourth-order valence-electron chi connectivity index (χ4n) is 2.55. The highest BCUT2D eigenvalue weighted by Gasteiger charge is 2.33. The Hall–Kier alpha value is -1.18. The van der Waals surface area contributed by atoms with E-state index in [2.05, 4.69) is 6.08 Å². The first kappa shape index (κ1) is 10.3. The first-order valence-corrected chi connectivity index (χ1v) is 5.59. The Morgan fingerprint density at radius 2 is 2.27 bits per heavy atom. The lowest BCUT2D eigenvalue weighted by Gasteiger charge is -2.30. The molecule has 2 aliphatic rings. The average molecular weight is 204 g/mol. The SMILES string of the molecule is CC(=O)CC1CCC2CC=CC=C2C1=O. The van der Waals surface area contributed by atoms with Gasteiger partial charge in [-0.25, -0.2) is 0 Å². The van der Waals surface area contributed by atoms with E-state index >= 15 is 0 Å². The Morgan fingerprint density at radius 3 is 3.00 bits per heavy atom. The molecule has 0 aromatic heterocycles. The molecule has 15 heavy (non-hydrogen) atoms. The number of ketones is 2. The minimum atomic E-state index is -0.0449. The van der Waals surface area contributed by atoms with Crippen LogP contribution in [0.4, 0.5) is 0 Å². The molecule has 0 spiro atoms. The van der Waals surface area contributed by atoms with Crippen LogP contribution in [0.25, 0.3) is 0 Å². The second-order valence-corrected chi connectivity index (χ2v) is 4.53. The van der Waals surface area contributed by atoms with E-state index in [1.54, 1.807) is 6.92 Å². The summed E-state index contributed by atoms with van der Waals surface area (Å²) in [7, 11) is 0. The molecule has 0 amide bonds. The molecule has 2 rings (SSSR count). The summed E-state index contributed by atoms with van der Waals surface area (Å²) in [5, 5.41) is 0. The number of allylic oxidation sites excluding steroid dienone is 4. The van der Waals surface area contributed by atoms with Crippen LogP contribution < -0.4 is 0 Å². The van der Waals surface area contributed by atoms with Gasteiger partial charge in [0.05, 0.1) is 0 Å². The van der Waals surface area contributed by atoms with Gasteiger partial charge in [-0.3, -0.25) is 4.79 Å². The molecule has 2 atom stereocenters. The molecule has 0 aromatic carbocycles. The Bertz CT molecular complexity index is 350. The standard InChI is InChI=1S/C13H16O2/c1-9(14)8-11-7-6-10-4-2-3-5-12(10)13(11)15/h2-3,5,10-11H,4,6-8H2,1H3. The highest BCUT2D eigenvalue weighted by molar-refractivity contribution is 6.00. The second kappa shape index (κ2) is 4.13. The molecule has 2 heteroatoms. The van der Waals surface area contributed by atoms with Crippen molar-refractivity contribution in [3.8, 4) is 0 Å². The van der Waals surface area contributed by atoms with E-state index in [1.807, 2.05) is 12.2 Å². The van der Waals surface area contributed by atoms with Crippen molar-refractivity contribution in [2.75, 3.05) is 0 Å². The molecule has 1 saturated carbocycles. The van der Waals surface area contributed by atoms with Gasteiger partial charge < -0.3 is 4.79 Å². The number of fused-ring (bicyclic) bond motifs is 1. The number of carbonyl (C=O) groups excluding carboxylic acids is 2. The van der Waals surface area contributed by atoms with Crippen molar-refractivity contribution in [1.82, 2.24) is 0 Å². The fraction of sp³-hybridized carbons (Fsp3) is 0.538. The normalized spacial score (nSPS) is 29.7. The van der Waals surface area contributed by atoms with Crippen LogP contribution in [0.1, 0.15) is 32.6 Å². The van der Waals surface area contributed by atoms with Crippen molar-refractivity contribution in [3.05, 3.63) is 23.8 Å². The second-order valence-electron chi connectivity index (χ2n) is 4.53. The van der Waals surface area contributed by atoms with Gasteiger partial charge in [0, 0.05) is 12.3 Å². The van der Waals surface area contributed by atoms with Gasteiger partial charge >= 0.3 is 0 Å². The molecule has 0 aliphatic heterocycles. The lowest BCUT2D eigenvalue weighted by molar-refractivity contribution is -0.126. The molecule has 80 valence electrons. The zero-order valence-corrected chi connectivity index (χ0v) is 9.03. The maximum absolute atomic E-state index is 12.0. The summed E-state index contributed by atoms with van der Waals surface area (Å²) in [5.74, 6) is 0.715. The van der Waals surface area contributed by atoms with Crippen molar-refractivity contribution >= 4 is 11.6 Å². The number of carbonyl (C=O) groups is 2. The largest absolute Gasteiger partial charge is 0.300 e.